The van der Waals surface area contributed by atoms with Gasteiger partial charge in [0.05, 0.1) is 20.3 Å². The normalized spacial score (nSPS) is 12.0. The van der Waals surface area contributed by atoms with Gasteiger partial charge in [-0.2, -0.15) is 0 Å². The zero-order chi connectivity index (χ0) is 15.4. The molecule has 3 nitrogen and oxygen atoms in total. The fraction of sp³-hybridized carbons (Fsp3) is 0.143. The van der Waals surface area contributed by atoms with Crippen molar-refractivity contribution in [2.75, 3.05) is 5.32 Å². The van der Waals surface area contributed by atoms with Gasteiger partial charge in [-0.1, -0.05) is 40.9 Å². The molecule has 1 aromatic heterocycles. The minimum absolute atomic E-state index is 0.189. The molecule has 0 unspecified atom stereocenters. The van der Waals surface area contributed by atoms with Crippen molar-refractivity contribution < 1.29 is 4.79 Å². The van der Waals surface area contributed by atoms with Crippen molar-refractivity contribution >= 4 is 58.3 Å². The lowest BCUT2D eigenvalue weighted by Crippen LogP contribution is -2.22. The maximum atomic E-state index is 12.1. The summed E-state index contributed by atoms with van der Waals surface area (Å²) >= 11 is 19.2. The summed E-state index contributed by atoms with van der Waals surface area (Å²) < 4.78 is 0. The summed E-state index contributed by atoms with van der Waals surface area (Å²) in [7, 11) is 0. The van der Waals surface area contributed by atoms with Gasteiger partial charge in [-0.05, 0) is 31.2 Å². The first-order valence-electron chi connectivity index (χ1n) is 6.00. The Morgan fingerprint density at radius 1 is 1.19 bits per heavy atom. The third-order valence-corrected chi connectivity index (χ3v) is 4.88. The highest BCUT2D eigenvalue weighted by Crippen LogP contribution is 2.36. The van der Waals surface area contributed by atoms with Crippen LogP contribution in [-0.2, 0) is 4.79 Å². The number of nitrogens with one attached hydrogen (secondary N) is 1. The molecule has 0 saturated carbocycles. The molecular weight excluding hydrogens is 351 g/mol. The van der Waals surface area contributed by atoms with Crippen molar-refractivity contribution in [2.45, 2.75) is 17.1 Å². The Labute approximate surface area is 142 Å². The summed E-state index contributed by atoms with van der Waals surface area (Å²) in [6.07, 6.45) is 1.47. The van der Waals surface area contributed by atoms with Gasteiger partial charge >= 0.3 is 0 Å². The first-order valence-corrected chi connectivity index (χ1v) is 8.02. The summed E-state index contributed by atoms with van der Waals surface area (Å²) in [4.78, 5) is 16.8. The van der Waals surface area contributed by atoms with Crippen LogP contribution in [-0.4, -0.2) is 16.1 Å². The van der Waals surface area contributed by atoms with E-state index in [0.717, 1.165) is 0 Å². The summed E-state index contributed by atoms with van der Waals surface area (Å²) in [5, 5.41) is 3.90. The molecule has 0 radical (unpaired) electrons. The van der Waals surface area contributed by atoms with E-state index >= 15 is 0 Å². The Morgan fingerprint density at radius 3 is 2.43 bits per heavy atom. The number of thioether (sulfide) groups is 1. The van der Waals surface area contributed by atoms with E-state index < -0.39 is 0 Å². The lowest BCUT2D eigenvalue weighted by Gasteiger charge is -2.13. The van der Waals surface area contributed by atoms with Crippen molar-refractivity contribution in [3.05, 3.63) is 51.6 Å². The highest BCUT2D eigenvalue weighted by Gasteiger charge is 2.18. The van der Waals surface area contributed by atoms with E-state index in [2.05, 4.69) is 10.3 Å². The molecular formula is C14H11Cl3N2OS. The Morgan fingerprint density at radius 2 is 1.86 bits per heavy atom. The van der Waals surface area contributed by atoms with E-state index in [1.54, 1.807) is 37.3 Å². The monoisotopic (exact) mass is 360 g/mol. The van der Waals surface area contributed by atoms with E-state index in [0.29, 0.717) is 25.8 Å². The molecule has 1 atom stereocenters. The minimum Gasteiger partial charge on any atom is -0.310 e. The van der Waals surface area contributed by atoms with Crippen LogP contribution >= 0.6 is 46.6 Å². The molecule has 1 aromatic carbocycles. The average Bonchev–Trinajstić information content (AvgIpc) is 2.45. The number of anilines is 1. The second kappa shape index (κ2) is 7.36. The van der Waals surface area contributed by atoms with Crippen LogP contribution in [0.5, 0.6) is 0 Å². The molecule has 1 heterocycles. The SMILES string of the molecule is C[C@H](Sc1c(Cl)cccc1Cl)C(=O)Nc1ccc(Cl)cn1. The van der Waals surface area contributed by atoms with E-state index in [9.17, 15) is 4.79 Å². The second-order valence-corrected chi connectivity index (χ2v) is 6.76. The lowest BCUT2D eigenvalue weighted by atomic mass is 10.4. The van der Waals surface area contributed by atoms with Crippen molar-refractivity contribution in [1.82, 2.24) is 4.98 Å². The standard InChI is InChI=1S/C14H11Cl3N2OS/c1-8(21-13-10(16)3-2-4-11(13)17)14(20)19-12-6-5-9(15)7-18-12/h2-8H,1H3,(H,18,19,20)/t8-/m0/s1. The maximum Gasteiger partial charge on any atom is 0.238 e. The van der Waals surface area contributed by atoms with Gasteiger partial charge in [0.1, 0.15) is 5.82 Å². The second-order valence-electron chi connectivity index (χ2n) is 4.16. The molecule has 1 N–H and O–H groups in total. The number of amides is 1. The van der Waals surface area contributed by atoms with Crippen molar-refractivity contribution in [2.24, 2.45) is 0 Å². The van der Waals surface area contributed by atoms with Gasteiger partial charge in [-0.15, -0.1) is 11.8 Å². The fourth-order valence-electron chi connectivity index (χ4n) is 1.50. The number of rotatable bonds is 4. The average molecular weight is 362 g/mol. The van der Waals surface area contributed by atoms with Gasteiger partial charge in [-0.25, -0.2) is 4.98 Å². The van der Waals surface area contributed by atoms with Crippen LogP contribution in [0, 0.1) is 0 Å². The fourth-order valence-corrected chi connectivity index (χ4v) is 3.16. The Kier molecular flexibility index (Phi) is 5.76. The quantitative estimate of drug-likeness (QED) is 0.765. The number of aromatic nitrogens is 1. The van der Waals surface area contributed by atoms with Crippen LogP contribution in [0.1, 0.15) is 6.92 Å². The minimum atomic E-state index is -0.375. The lowest BCUT2D eigenvalue weighted by molar-refractivity contribution is -0.115. The number of carbonyl (C=O) groups is 1. The molecule has 2 rings (SSSR count). The van der Waals surface area contributed by atoms with Gasteiger partial charge in [0.25, 0.3) is 0 Å². The van der Waals surface area contributed by atoms with Gasteiger partial charge in [-0.3, -0.25) is 4.79 Å². The van der Waals surface area contributed by atoms with Gasteiger partial charge in [0.15, 0.2) is 0 Å². The molecule has 0 bridgehead atoms. The zero-order valence-corrected chi connectivity index (χ0v) is 14.0. The predicted octanol–water partition coefficient (Wildman–Crippen LogP) is 5.16. The number of carbonyl (C=O) groups excluding carboxylic acids is 1. The van der Waals surface area contributed by atoms with Gasteiger partial charge in [0.2, 0.25) is 5.91 Å². The van der Waals surface area contributed by atoms with Gasteiger partial charge < -0.3 is 5.32 Å². The number of hydrogen-bond donors (Lipinski definition) is 1. The molecule has 110 valence electrons. The van der Waals surface area contributed by atoms with E-state index in [1.807, 2.05) is 0 Å². The first-order chi connectivity index (χ1) is 9.97. The van der Waals surface area contributed by atoms with E-state index in [-0.39, 0.29) is 11.2 Å². The molecule has 1 amide bonds. The Bertz CT molecular complexity index is 629. The third kappa shape index (κ3) is 4.51. The molecule has 0 spiro atoms. The smallest absolute Gasteiger partial charge is 0.238 e. The highest BCUT2D eigenvalue weighted by atomic mass is 35.5. The first kappa shape index (κ1) is 16.4. The molecule has 0 aliphatic heterocycles. The van der Waals surface area contributed by atoms with Crippen molar-refractivity contribution in [1.29, 1.82) is 0 Å². The predicted molar refractivity (Wildman–Crippen MR) is 89.7 cm³/mol. The maximum absolute atomic E-state index is 12.1. The molecule has 0 aliphatic carbocycles. The van der Waals surface area contributed by atoms with Crippen LogP contribution in [0.2, 0.25) is 15.1 Å². The largest absolute Gasteiger partial charge is 0.310 e. The third-order valence-electron chi connectivity index (χ3n) is 2.56. The molecule has 0 fully saturated rings. The van der Waals surface area contributed by atoms with Crippen LogP contribution < -0.4 is 5.32 Å². The van der Waals surface area contributed by atoms with Crippen molar-refractivity contribution in [3.8, 4) is 0 Å². The van der Waals surface area contributed by atoms with Crippen molar-refractivity contribution in [3.63, 3.8) is 0 Å². The number of halogens is 3. The Balaban J connectivity index is 2.04. The summed E-state index contributed by atoms with van der Waals surface area (Å²) in [5.41, 5.74) is 0. The van der Waals surface area contributed by atoms with Crippen LogP contribution in [0.15, 0.2) is 41.4 Å². The summed E-state index contributed by atoms with van der Waals surface area (Å²) in [6, 6.07) is 8.53. The molecule has 2 aromatic rings. The number of hydrogen-bond acceptors (Lipinski definition) is 3. The molecule has 7 heteroatoms. The molecule has 21 heavy (non-hydrogen) atoms. The summed E-state index contributed by atoms with van der Waals surface area (Å²) in [6.45, 7) is 1.77. The highest BCUT2D eigenvalue weighted by molar-refractivity contribution is 8.00. The number of pyridine rings is 1. The topological polar surface area (TPSA) is 42.0 Å². The Hall–Kier alpha value is -0.940. The number of nitrogens with zero attached hydrogens (tertiary/aromatic N) is 1. The zero-order valence-electron chi connectivity index (χ0n) is 10.9. The van der Waals surface area contributed by atoms with E-state index in [1.165, 1.54) is 18.0 Å². The van der Waals surface area contributed by atoms with Crippen LogP contribution in [0.25, 0.3) is 0 Å². The molecule has 0 saturated heterocycles. The van der Waals surface area contributed by atoms with Crippen LogP contribution in [0.3, 0.4) is 0 Å². The molecule has 0 aliphatic rings. The van der Waals surface area contributed by atoms with Gasteiger partial charge in [0, 0.05) is 11.1 Å². The summed E-state index contributed by atoms with van der Waals surface area (Å²) in [5.74, 6) is 0.257. The van der Waals surface area contributed by atoms with E-state index in [4.69, 9.17) is 34.8 Å². The number of benzene rings is 1. The van der Waals surface area contributed by atoms with Crippen LogP contribution in [0.4, 0.5) is 5.82 Å².